The van der Waals surface area contributed by atoms with E-state index < -0.39 is 0 Å². The van der Waals surface area contributed by atoms with Gasteiger partial charge in [0.15, 0.2) is 5.96 Å². The van der Waals surface area contributed by atoms with Crippen LogP contribution in [0.1, 0.15) is 26.7 Å². The Morgan fingerprint density at radius 2 is 2.29 bits per heavy atom. The van der Waals surface area contributed by atoms with Gasteiger partial charge in [-0.05, 0) is 18.8 Å². The summed E-state index contributed by atoms with van der Waals surface area (Å²) in [5.41, 5.74) is 0. The first-order valence-electron chi connectivity index (χ1n) is 8.93. The molecule has 24 heavy (non-hydrogen) atoms. The fraction of sp³-hybridized carbons (Fsp3) is 0.941. The van der Waals surface area contributed by atoms with Crippen molar-refractivity contribution in [2.24, 2.45) is 16.8 Å². The molecular formula is C17H34IN3O2S. The molecule has 0 radical (unpaired) electrons. The Morgan fingerprint density at radius 3 is 2.96 bits per heavy atom. The lowest BCUT2D eigenvalue weighted by molar-refractivity contribution is 0.0887. The topological polar surface area (TPSA) is 46.1 Å². The predicted molar refractivity (Wildman–Crippen MR) is 114 cm³/mol. The van der Waals surface area contributed by atoms with Crippen LogP contribution in [0.4, 0.5) is 0 Å². The van der Waals surface area contributed by atoms with Crippen molar-refractivity contribution < 1.29 is 9.47 Å². The number of guanidine groups is 1. The molecule has 2 aliphatic rings. The van der Waals surface area contributed by atoms with Gasteiger partial charge in [0.05, 0.1) is 13.2 Å². The van der Waals surface area contributed by atoms with Gasteiger partial charge in [-0.15, -0.1) is 24.0 Å². The van der Waals surface area contributed by atoms with Gasteiger partial charge in [0.25, 0.3) is 0 Å². The van der Waals surface area contributed by atoms with Gasteiger partial charge in [0.2, 0.25) is 0 Å². The van der Waals surface area contributed by atoms with Crippen LogP contribution < -0.4 is 5.32 Å². The minimum Gasteiger partial charge on any atom is -0.381 e. The van der Waals surface area contributed by atoms with E-state index in [1.807, 2.05) is 7.05 Å². The molecule has 2 aliphatic heterocycles. The minimum atomic E-state index is 0. The van der Waals surface area contributed by atoms with Crippen molar-refractivity contribution in [1.29, 1.82) is 0 Å². The summed E-state index contributed by atoms with van der Waals surface area (Å²) in [7, 11) is 1.88. The Balaban J connectivity index is 0.00000288. The standard InChI is InChI=1S/C17H33N3O2S.HI/c1-14(2)16-11-20(7-10-23-16)17(18-3)19-6-4-8-21-12-15-5-9-22-13-15;/h14-16H,4-13H2,1-3H3,(H,18,19);1H. The number of halogens is 1. The van der Waals surface area contributed by atoms with E-state index >= 15 is 0 Å². The number of thioether (sulfide) groups is 1. The number of hydrogen-bond donors (Lipinski definition) is 1. The molecule has 2 atom stereocenters. The highest BCUT2D eigenvalue weighted by Gasteiger charge is 2.24. The van der Waals surface area contributed by atoms with E-state index in [1.54, 1.807) is 0 Å². The van der Waals surface area contributed by atoms with Crippen LogP contribution in [0.2, 0.25) is 0 Å². The average Bonchev–Trinajstić information content (AvgIpc) is 3.07. The van der Waals surface area contributed by atoms with Gasteiger partial charge >= 0.3 is 0 Å². The zero-order valence-corrected chi connectivity index (χ0v) is 18.5. The van der Waals surface area contributed by atoms with Crippen molar-refractivity contribution in [2.45, 2.75) is 31.9 Å². The van der Waals surface area contributed by atoms with Crippen LogP contribution in [0.5, 0.6) is 0 Å². The zero-order valence-electron chi connectivity index (χ0n) is 15.3. The van der Waals surface area contributed by atoms with Crippen molar-refractivity contribution >= 4 is 41.7 Å². The molecule has 142 valence electrons. The highest BCUT2D eigenvalue weighted by molar-refractivity contribution is 14.0. The van der Waals surface area contributed by atoms with Gasteiger partial charge in [0.1, 0.15) is 0 Å². The maximum Gasteiger partial charge on any atom is 0.193 e. The van der Waals surface area contributed by atoms with Crippen LogP contribution in [-0.2, 0) is 9.47 Å². The van der Waals surface area contributed by atoms with Crippen molar-refractivity contribution in [3.8, 4) is 0 Å². The highest BCUT2D eigenvalue weighted by atomic mass is 127. The molecule has 0 aliphatic carbocycles. The number of ether oxygens (including phenoxy) is 2. The van der Waals surface area contributed by atoms with Crippen LogP contribution in [0.15, 0.2) is 4.99 Å². The first kappa shape index (κ1) is 22.3. The molecule has 2 saturated heterocycles. The molecule has 1 N–H and O–H groups in total. The number of aliphatic imine (C=N–C) groups is 1. The van der Waals surface area contributed by atoms with Crippen LogP contribution in [0.3, 0.4) is 0 Å². The molecule has 0 bridgehead atoms. The Hall–Kier alpha value is 0.270. The molecule has 2 rings (SSSR count). The molecule has 0 aromatic carbocycles. The average molecular weight is 471 g/mol. The summed E-state index contributed by atoms with van der Waals surface area (Å²) in [5.74, 6) is 3.55. The Bertz CT molecular complexity index is 366. The molecule has 7 heteroatoms. The smallest absolute Gasteiger partial charge is 0.193 e. The predicted octanol–water partition coefficient (Wildman–Crippen LogP) is 2.70. The Labute approximate surface area is 168 Å². The normalized spacial score (nSPS) is 25.0. The summed E-state index contributed by atoms with van der Waals surface area (Å²) in [5, 5.41) is 4.20. The number of nitrogens with zero attached hydrogens (tertiary/aromatic N) is 2. The van der Waals surface area contributed by atoms with E-state index in [9.17, 15) is 0 Å². The summed E-state index contributed by atoms with van der Waals surface area (Å²) in [4.78, 5) is 6.85. The van der Waals surface area contributed by atoms with Gasteiger partial charge < -0.3 is 19.7 Å². The third-order valence-electron chi connectivity index (χ3n) is 4.47. The molecule has 0 spiro atoms. The summed E-state index contributed by atoms with van der Waals surface area (Å²) in [6.45, 7) is 11.1. The van der Waals surface area contributed by atoms with Gasteiger partial charge in [-0.3, -0.25) is 4.99 Å². The fourth-order valence-electron chi connectivity index (χ4n) is 2.94. The molecule has 5 nitrogen and oxygen atoms in total. The molecule has 0 aromatic rings. The van der Waals surface area contributed by atoms with Crippen molar-refractivity contribution in [3.05, 3.63) is 0 Å². The second-order valence-corrected chi connectivity index (χ2v) is 8.08. The first-order chi connectivity index (χ1) is 11.2. The van der Waals surface area contributed by atoms with E-state index in [-0.39, 0.29) is 24.0 Å². The summed E-state index contributed by atoms with van der Waals surface area (Å²) >= 11 is 2.10. The van der Waals surface area contributed by atoms with Gasteiger partial charge in [-0.1, -0.05) is 13.8 Å². The third-order valence-corrected chi connectivity index (χ3v) is 6.01. The van der Waals surface area contributed by atoms with E-state index in [0.29, 0.717) is 17.1 Å². The number of hydrogen-bond acceptors (Lipinski definition) is 4. The molecule has 0 aromatic heterocycles. The van der Waals surface area contributed by atoms with E-state index in [0.717, 1.165) is 64.9 Å². The lowest BCUT2D eigenvalue weighted by Crippen LogP contribution is -2.49. The lowest BCUT2D eigenvalue weighted by Gasteiger charge is -2.36. The second kappa shape index (κ2) is 12.6. The van der Waals surface area contributed by atoms with Crippen LogP contribution in [0.25, 0.3) is 0 Å². The third kappa shape index (κ3) is 7.66. The monoisotopic (exact) mass is 471 g/mol. The SMILES string of the molecule is CN=C(NCCCOCC1CCOC1)N1CCSC(C(C)C)C1.I. The maximum absolute atomic E-state index is 5.75. The summed E-state index contributed by atoms with van der Waals surface area (Å²) in [6, 6.07) is 0. The fourth-order valence-corrected chi connectivity index (χ4v) is 4.24. The van der Waals surface area contributed by atoms with Crippen molar-refractivity contribution in [3.63, 3.8) is 0 Å². The first-order valence-corrected chi connectivity index (χ1v) is 9.98. The van der Waals surface area contributed by atoms with Crippen molar-refractivity contribution in [2.75, 3.05) is 58.9 Å². The van der Waals surface area contributed by atoms with Gasteiger partial charge in [-0.25, -0.2) is 0 Å². The van der Waals surface area contributed by atoms with Crippen LogP contribution in [-0.4, -0.2) is 75.0 Å². The quantitative estimate of drug-likeness (QED) is 0.268. The lowest BCUT2D eigenvalue weighted by atomic mass is 10.1. The van der Waals surface area contributed by atoms with Crippen molar-refractivity contribution in [1.82, 2.24) is 10.2 Å². The molecular weight excluding hydrogens is 437 g/mol. The van der Waals surface area contributed by atoms with E-state index in [4.69, 9.17) is 9.47 Å². The molecule has 0 amide bonds. The number of nitrogens with one attached hydrogen (secondary N) is 1. The van der Waals surface area contributed by atoms with E-state index in [1.165, 1.54) is 5.75 Å². The maximum atomic E-state index is 5.75. The Morgan fingerprint density at radius 1 is 1.46 bits per heavy atom. The number of rotatable bonds is 7. The molecule has 2 unspecified atom stereocenters. The van der Waals surface area contributed by atoms with Crippen LogP contribution in [0, 0.1) is 11.8 Å². The molecule has 2 fully saturated rings. The highest BCUT2D eigenvalue weighted by Crippen LogP contribution is 2.24. The Kier molecular flexibility index (Phi) is 11.7. The van der Waals surface area contributed by atoms with Crippen LogP contribution >= 0.6 is 35.7 Å². The molecule has 0 saturated carbocycles. The second-order valence-electron chi connectivity index (χ2n) is 6.73. The zero-order chi connectivity index (χ0) is 16.5. The largest absolute Gasteiger partial charge is 0.381 e. The summed E-state index contributed by atoms with van der Waals surface area (Å²) < 4.78 is 11.1. The van der Waals surface area contributed by atoms with E-state index in [2.05, 4.69) is 40.8 Å². The minimum absolute atomic E-state index is 0. The summed E-state index contributed by atoms with van der Waals surface area (Å²) in [6.07, 6.45) is 2.16. The molecule has 2 heterocycles. The van der Waals surface area contributed by atoms with Gasteiger partial charge in [-0.2, -0.15) is 11.8 Å². The van der Waals surface area contributed by atoms with Gasteiger partial charge in [0, 0.05) is 56.8 Å².